The van der Waals surface area contributed by atoms with Crippen molar-refractivity contribution in [1.82, 2.24) is 25.4 Å². The van der Waals surface area contributed by atoms with Crippen LogP contribution in [0.3, 0.4) is 0 Å². The van der Waals surface area contributed by atoms with Crippen LogP contribution in [0.2, 0.25) is 0 Å². The highest BCUT2D eigenvalue weighted by Crippen LogP contribution is 2.30. The standard InChI is InChI=1S/C23H29N5O3/c1-15-18(16(2)26-22-21(15)23(31-4)27-28(22)3)10-11-19(29)24-12-13-25-20(30)14-17-8-6-5-7-9-17/h5-9H,10-14H2,1-4H3,(H,24,29)(H,25,30). The number of nitrogens with one attached hydrogen (secondary N) is 2. The normalized spacial score (nSPS) is 10.8. The molecule has 8 nitrogen and oxygen atoms in total. The average Bonchev–Trinajstić information content (AvgIpc) is 3.07. The number of ether oxygens (including phenoxy) is 1. The number of carbonyl (C=O) groups is 2. The van der Waals surface area contributed by atoms with E-state index < -0.39 is 0 Å². The van der Waals surface area contributed by atoms with E-state index in [4.69, 9.17) is 4.74 Å². The van der Waals surface area contributed by atoms with E-state index in [1.165, 1.54) is 0 Å². The lowest BCUT2D eigenvalue weighted by Crippen LogP contribution is -2.35. The van der Waals surface area contributed by atoms with Crippen LogP contribution in [0.1, 0.15) is 28.8 Å². The van der Waals surface area contributed by atoms with E-state index in [1.54, 1.807) is 11.8 Å². The first-order chi connectivity index (χ1) is 14.9. The quantitative estimate of drug-likeness (QED) is 0.513. The van der Waals surface area contributed by atoms with Crippen molar-refractivity contribution in [3.8, 4) is 5.88 Å². The number of pyridine rings is 1. The van der Waals surface area contributed by atoms with E-state index in [9.17, 15) is 9.59 Å². The van der Waals surface area contributed by atoms with E-state index >= 15 is 0 Å². The number of carbonyl (C=O) groups excluding carboxylic acids is 2. The molecule has 8 heteroatoms. The fraction of sp³-hybridized carbons (Fsp3) is 0.391. The van der Waals surface area contributed by atoms with Crippen LogP contribution in [0, 0.1) is 13.8 Å². The zero-order valence-electron chi connectivity index (χ0n) is 18.5. The molecule has 0 unspecified atom stereocenters. The molecule has 0 saturated carbocycles. The number of hydrogen-bond donors (Lipinski definition) is 2. The molecule has 0 atom stereocenters. The molecule has 164 valence electrons. The van der Waals surface area contributed by atoms with Crippen molar-refractivity contribution in [1.29, 1.82) is 0 Å². The zero-order chi connectivity index (χ0) is 22.4. The lowest BCUT2D eigenvalue weighted by molar-refractivity contribution is -0.122. The summed E-state index contributed by atoms with van der Waals surface area (Å²) in [5, 5.41) is 10.9. The van der Waals surface area contributed by atoms with Crippen LogP contribution in [0.5, 0.6) is 5.88 Å². The van der Waals surface area contributed by atoms with E-state index in [0.717, 1.165) is 33.4 Å². The van der Waals surface area contributed by atoms with Crippen molar-refractivity contribution in [2.75, 3.05) is 20.2 Å². The molecule has 0 aliphatic carbocycles. The van der Waals surface area contributed by atoms with Crippen molar-refractivity contribution in [2.45, 2.75) is 33.1 Å². The number of methoxy groups -OCH3 is 1. The molecule has 1 aromatic carbocycles. The van der Waals surface area contributed by atoms with Gasteiger partial charge in [0, 0.05) is 32.3 Å². The van der Waals surface area contributed by atoms with Gasteiger partial charge in [0.15, 0.2) is 5.65 Å². The van der Waals surface area contributed by atoms with Crippen molar-refractivity contribution < 1.29 is 14.3 Å². The largest absolute Gasteiger partial charge is 0.479 e. The Kier molecular flexibility index (Phi) is 7.23. The fourth-order valence-electron chi connectivity index (χ4n) is 3.68. The number of aryl methyl sites for hydroxylation is 3. The molecule has 0 fully saturated rings. The lowest BCUT2D eigenvalue weighted by atomic mass is 10.00. The van der Waals surface area contributed by atoms with Gasteiger partial charge in [-0.05, 0) is 37.0 Å². The summed E-state index contributed by atoms with van der Waals surface area (Å²) in [4.78, 5) is 28.9. The number of benzene rings is 1. The van der Waals surface area contributed by atoms with Crippen LogP contribution < -0.4 is 15.4 Å². The molecule has 0 aliphatic heterocycles. The third-order valence-electron chi connectivity index (χ3n) is 5.30. The minimum absolute atomic E-state index is 0.0588. The number of fused-ring (bicyclic) bond motifs is 1. The maximum Gasteiger partial charge on any atom is 0.242 e. The molecular weight excluding hydrogens is 394 g/mol. The van der Waals surface area contributed by atoms with Crippen molar-refractivity contribution >= 4 is 22.8 Å². The first-order valence-corrected chi connectivity index (χ1v) is 10.3. The molecule has 2 aromatic heterocycles. The van der Waals surface area contributed by atoms with Crippen LogP contribution in [-0.2, 0) is 29.5 Å². The van der Waals surface area contributed by atoms with Gasteiger partial charge in [-0.2, -0.15) is 0 Å². The molecule has 0 saturated heterocycles. The summed E-state index contributed by atoms with van der Waals surface area (Å²) in [5.74, 6) is 0.422. The first-order valence-electron chi connectivity index (χ1n) is 10.3. The second kappa shape index (κ2) is 10.1. The first kappa shape index (κ1) is 22.3. The third kappa shape index (κ3) is 5.39. The second-order valence-electron chi connectivity index (χ2n) is 7.49. The predicted octanol–water partition coefficient (Wildman–Crippen LogP) is 2.00. The van der Waals surface area contributed by atoms with Crippen LogP contribution in [0.25, 0.3) is 11.0 Å². The number of aromatic nitrogens is 3. The van der Waals surface area contributed by atoms with Crippen molar-refractivity contribution in [2.24, 2.45) is 7.05 Å². The number of rotatable bonds is 9. The summed E-state index contributed by atoms with van der Waals surface area (Å²) in [6, 6.07) is 9.56. The highest BCUT2D eigenvalue weighted by atomic mass is 16.5. The minimum Gasteiger partial charge on any atom is -0.479 e. The summed E-state index contributed by atoms with van der Waals surface area (Å²) in [7, 11) is 3.43. The Morgan fingerprint density at radius 1 is 1.06 bits per heavy atom. The predicted molar refractivity (Wildman–Crippen MR) is 119 cm³/mol. The van der Waals surface area contributed by atoms with Crippen LogP contribution in [0.15, 0.2) is 30.3 Å². The molecule has 0 radical (unpaired) electrons. The van der Waals surface area contributed by atoms with Crippen molar-refractivity contribution in [3.63, 3.8) is 0 Å². The Labute approximate surface area is 182 Å². The van der Waals surface area contributed by atoms with Crippen LogP contribution in [-0.4, -0.2) is 46.8 Å². The van der Waals surface area contributed by atoms with Gasteiger partial charge in [-0.25, -0.2) is 9.67 Å². The summed E-state index contributed by atoms with van der Waals surface area (Å²) in [5.41, 5.74) is 4.69. The second-order valence-corrected chi connectivity index (χ2v) is 7.49. The maximum atomic E-state index is 12.3. The molecule has 2 amide bonds. The molecule has 3 aromatic rings. The Balaban J connectivity index is 1.48. The van der Waals surface area contributed by atoms with Gasteiger partial charge in [-0.3, -0.25) is 9.59 Å². The van der Waals surface area contributed by atoms with Crippen LogP contribution in [0.4, 0.5) is 0 Å². The summed E-state index contributed by atoms with van der Waals surface area (Å²) >= 11 is 0. The maximum absolute atomic E-state index is 12.3. The van der Waals surface area contributed by atoms with E-state index in [-0.39, 0.29) is 11.8 Å². The number of nitrogens with zero attached hydrogens (tertiary/aromatic N) is 3. The van der Waals surface area contributed by atoms with Gasteiger partial charge in [0.25, 0.3) is 0 Å². The fourth-order valence-corrected chi connectivity index (χ4v) is 3.68. The summed E-state index contributed by atoms with van der Waals surface area (Å²) < 4.78 is 7.09. The lowest BCUT2D eigenvalue weighted by Gasteiger charge is -2.11. The Morgan fingerprint density at radius 2 is 1.74 bits per heavy atom. The number of hydrogen-bond acceptors (Lipinski definition) is 5. The summed E-state index contributed by atoms with van der Waals surface area (Å²) in [6.45, 7) is 4.75. The molecule has 0 aliphatic rings. The minimum atomic E-state index is -0.0608. The smallest absolute Gasteiger partial charge is 0.242 e. The Hall–Kier alpha value is -3.42. The molecular formula is C23H29N5O3. The third-order valence-corrected chi connectivity index (χ3v) is 5.30. The monoisotopic (exact) mass is 423 g/mol. The van der Waals surface area contributed by atoms with Gasteiger partial charge in [-0.1, -0.05) is 30.3 Å². The van der Waals surface area contributed by atoms with Crippen LogP contribution >= 0.6 is 0 Å². The van der Waals surface area contributed by atoms with E-state index in [1.807, 2.05) is 51.2 Å². The van der Waals surface area contributed by atoms with Gasteiger partial charge < -0.3 is 15.4 Å². The van der Waals surface area contributed by atoms with E-state index in [0.29, 0.717) is 38.2 Å². The zero-order valence-corrected chi connectivity index (χ0v) is 18.5. The average molecular weight is 424 g/mol. The SMILES string of the molecule is COc1nn(C)c2nc(C)c(CCC(=O)NCCNC(=O)Cc3ccccc3)c(C)c12. The molecule has 2 N–H and O–H groups in total. The molecule has 2 heterocycles. The molecule has 3 rings (SSSR count). The molecule has 0 spiro atoms. The van der Waals surface area contributed by atoms with Gasteiger partial charge in [0.1, 0.15) is 0 Å². The van der Waals surface area contributed by atoms with Gasteiger partial charge >= 0.3 is 0 Å². The van der Waals surface area contributed by atoms with E-state index in [2.05, 4.69) is 20.7 Å². The molecule has 31 heavy (non-hydrogen) atoms. The highest BCUT2D eigenvalue weighted by Gasteiger charge is 2.18. The summed E-state index contributed by atoms with van der Waals surface area (Å²) in [6.07, 6.45) is 1.25. The molecule has 0 bridgehead atoms. The number of amides is 2. The topological polar surface area (TPSA) is 98.1 Å². The Bertz CT molecular complexity index is 1080. The van der Waals surface area contributed by atoms with Gasteiger partial charge in [0.2, 0.25) is 17.7 Å². The van der Waals surface area contributed by atoms with Gasteiger partial charge in [0.05, 0.1) is 18.9 Å². The van der Waals surface area contributed by atoms with Gasteiger partial charge in [-0.15, -0.1) is 5.10 Å². The Morgan fingerprint density at radius 3 is 2.42 bits per heavy atom. The highest BCUT2D eigenvalue weighted by molar-refractivity contribution is 5.86. The van der Waals surface area contributed by atoms with Crippen molar-refractivity contribution in [3.05, 3.63) is 52.7 Å².